The number of nitrogens with two attached hydrogens (primary N) is 1. The Morgan fingerprint density at radius 2 is 2.00 bits per heavy atom. The van der Waals surface area contributed by atoms with Gasteiger partial charge in [-0.25, -0.2) is 4.39 Å². The van der Waals surface area contributed by atoms with Crippen LogP contribution in [0.25, 0.3) is 11.4 Å². The van der Waals surface area contributed by atoms with Crippen LogP contribution in [-0.4, -0.2) is 29.9 Å². The maximum absolute atomic E-state index is 12.8. The van der Waals surface area contributed by atoms with Crippen LogP contribution in [0.4, 0.5) is 4.39 Å². The van der Waals surface area contributed by atoms with Crippen molar-refractivity contribution >= 4 is 0 Å². The maximum atomic E-state index is 12.8. The van der Waals surface area contributed by atoms with Crippen LogP contribution in [0.15, 0.2) is 28.8 Å². The minimum atomic E-state index is -0.294. The summed E-state index contributed by atoms with van der Waals surface area (Å²) in [4.78, 5) is 4.20. The van der Waals surface area contributed by atoms with Gasteiger partial charge in [0, 0.05) is 12.1 Å². The summed E-state index contributed by atoms with van der Waals surface area (Å²) in [5.74, 6) is 0.646. The van der Waals surface area contributed by atoms with Crippen molar-refractivity contribution in [2.75, 3.05) is 19.8 Å². The van der Waals surface area contributed by atoms with Crippen LogP contribution < -0.4 is 5.73 Å². The molecule has 0 aliphatic rings. The Balaban J connectivity index is 1.95. The van der Waals surface area contributed by atoms with E-state index in [2.05, 4.69) is 10.1 Å². The minimum absolute atomic E-state index is 0.294. The normalized spacial score (nSPS) is 10.8. The van der Waals surface area contributed by atoms with E-state index >= 15 is 0 Å². The summed E-state index contributed by atoms with van der Waals surface area (Å²) in [5, 5.41) is 3.83. The summed E-state index contributed by atoms with van der Waals surface area (Å²) >= 11 is 0. The van der Waals surface area contributed by atoms with Crippen LogP contribution in [0, 0.1) is 5.82 Å². The van der Waals surface area contributed by atoms with E-state index in [4.69, 9.17) is 15.0 Å². The lowest BCUT2D eigenvalue weighted by atomic mass is 10.2. The van der Waals surface area contributed by atoms with Gasteiger partial charge in [-0.15, -0.1) is 0 Å². The van der Waals surface area contributed by atoms with Gasteiger partial charge >= 0.3 is 0 Å². The number of halogens is 1. The second-order valence-electron chi connectivity index (χ2n) is 3.67. The molecule has 0 fully saturated rings. The quantitative estimate of drug-likeness (QED) is 0.785. The van der Waals surface area contributed by atoms with Crippen LogP contribution in [-0.2, 0) is 11.2 Å². The van der Waals surface area contributed by atoms with Crippen LogP contribution in [0.5, 0.6) is 0 Å². The number of ether oxygens (including phenoxy) is 1. The smallest absolute Gasteiger partial charge is 0.229 e. The van der Waals surface area contributed by atoms with E-state index in [0.29, 0.717) is 43.5 Å². The highest BCUT2D eigenvalue weighted by Gasteiger charge is 2.08. The molecule has 2 N–H and O–H groups in total. The van der Waals surface area contributed by atoms with Gasteiger partial charge in [-0.05, 0) is 24.3 Å². The Bertz CT molecular complexity index is 484. The maximum Gasteiger partial charge on any atom is 0.229 e. The zero-order valence-corrected chi connectivity index (χ0v) is 9.80. The topological polar surface area (TPSA) is 74.2 Å². The molecule has 1 aromatic carbocycles. The molecule has 6 heteroatoms. The first kappa shape index (κ1) is 12.7. The molecule has 0 saturated heterocycles. The number of aromatic nitrogens is 2. The molecule has 0 saturated carbocycles. The van der Waals surface area contributed by atoms with Gasteiger partial charge in [0.2, 0.25) is 11.7 Å². The van der Waals surface area contributed by atoms with Crippen LogP contribution in [0.2, 0.25) is 0 Å². The highest BCUT2D eigenvalue weighted by Crippen LogP contribution is 2.16. The Morgan fingerprint density at radius 3 is 2.72 bits per heavy atom. The van der Waals surface area contributed by atoms with Crippen LogP contribution in [0.3, 0.4) is 0 Å². The molecule has 1 aromatic heterocycles. The summed E-state index contributed by atoms with van der Waals surface area (Å²) < 4.78 is 23.0. The molecule has 0 aliphatic carbocycles. The zero-order chi connectivity index (χ0) is 12.8. The van der Waals surface area contributed by atoms with E-state index in [9.17, 15) is 4.39 Å². The average Bonchev–Trinajstić information content (AvgIpc) is 2.84. The Kier molecular flexibility index (Phi) is 4.38. The van der Waals surface area contributed by atoms with E-state index in [1.165, 1.54) is 12.1 Å². The van der Waals surface area contributed by atoms with Crippen molar-refractivity contribution in [1.29, 1.82) is 0 Å². The number of hydrogen-bond donors (Lipinski definition) is 1. The lowest BCUT2D eigenvalue weighted by molar-refractivity contribution is 0.138. The average molecular weight is 251 g/mol. The van der Waals surface area contributed by atoms with Gasteiger partial charge in [0.05, 0.1) is 19.6 Å². The van der Waals surface area contributed by atoms with Crippen molar-refractivity contribution in [1.82, 2.24) is 10.1 Å². The third-order valence-corrected chi connectivity index (χ3v) is 2.29. The standard InChI is InChI=1S/C12H14FN3O2/c13-10-3-1-9(2-4-10)12-15-11(18-16-12)5-7-17-8-6-14/h1-4H,5-8,14H2. The monoisotopic (exact) mass is 251 g/mol. The van der Waals surface area contributed by atoms with Crippen molar-refractivity contribution in [2.24, 2.45) is 5.73 Å². The van der Waals surface area contributed by atoms with E-state index in [1.54, 1.807) is 12.1 Å². The molecule has 0 unspecified atom stereocenters. The fourth-order valence-electron chi connectivity index (χ4n) is 1.42. The number of nitrogens with zero attached hydrogens (tertiary/aromatic N) is 2. The van der Waals surface area contributed by atoms with Gasteiger partial charge in [-0.1, -0.05) is 5.16 Å². The third kappa shape index (κ3) is 3.35. The van der Waals surface area contributed by atoms with Crippen molar-refractivity contribution in [3.8, 4) is 11.4 Å². The molecule has 0 atom stereocenters. The van der Waals surface area contributed by atoms with Gasteiger partial charge in [0.25, 0.3) is 0 Å². The van der Waals surface area contributed by atoms with E-state index in [-0.39, 0.29) is 5.82 Å². The highest BCUT2D eigenvalue weighted by molar-refractivity contribution is 5.53. The summed E-state index contributed by atoms with van der Waals surface area (Å²) in [5.41, 5.74) is 6.01. The summed E-state index contributed by atoms with van der Waals surface area (Å²) in [7, 11) is 0. The first-order chi connectivity index (χ1) is 8.79. The Hall–Kier alpha value is -1.79. The van der Waals surface area contributed by atoms with Crippen molar-refractivity contribution in [2.45, 2.75) is 6.42 Å². The van der Waals surface area contributed by atoms with Gasteiger partial charge in [-0.2, -0.15) is 4.98 Å². The van der Waals surface area contributed by atoms with E-state index in [0.717, 1.165) is 0 Å². The molecular weight excluding hydrogens is 237 g/mol. The van der Waals surface area contributed by atoms with Crippen molar-refractivity contribution < 1.29 is 13.7 Å². The largest absolute Gasteiger partial charge is 0.380 e. The summed E-state index contributed by atoms with van der Waals surface area (Å²) in [6.45, 7) is 1.49. The van der Waals surface area contributed by atoms with E-state index in [1.807, 2.05) is 0 Å². The molecule has 0 radical (unpaired) electrons. The lowest BCUT2D eigenvalue weighted by Crippen LogP contribution is -2.10. The number of benzene rings is 1. The minimum Gasteiger partial charge on any atom is -0.380 e. The molecule has 18 heavy (non-hydrogen) atoms. The van der Waals surface area contributed by atoms with Gasteiger partial charge in [-0.3, -0.25) is 0 Å². The molecule has 2 rings (SSSR count). The second-order valence-corrected chi connectivity index (χ2v) is 3.67. The molecule has 0 amide bonds. The Morgan fingerprint density at radius 1 is 1.22 bits per heavy atom. The first-order valence-corrected chi connectivity index (χ1v) is 5.66. The summed E-state index contributed by atoms with van der Waals surface area (Å²) in [6.07, 6.45) is 0.536. The van der Waals surface area contributed by atoms with E-state index < -0.39 is 0 Å². The van der Waals surface area contributed by atoms with Gasteiger partial charge < -0.3 is 15.0 Å². The second kappa shape index (κ2) is 6.23. The Labute approximate surface area is 104 Å². The SMILES string of the molecule is NCCOCCc1nc(-c2ccc(F)cc2)no1. The fourth-order valence-corrected chi connectivity index (χ4v) is 1.42. The fraction of sp³-hybridized carbons (Fsp3) is 0.333. The first-order valence-electron chi connectivity index (χ1n) is 5.66. The van der Waals surface area contributed by atoms with Crippen LogP contribution >= 0.6 is 0 Å². The van der Waals surface area contributed by atoms with Gasteiger partial charge in [0.1, 0.15) is 5.82 Å². The predicted octanol–water partition coefficient (Wildman–Crippen LogP) is 1.39. The molecule has 0 bridgehead atoms. The van der Waals surface area contributed by atoms with Crippen LogP contribution in [0.1, 0.15) is 5.89 Å². The highest BCUT2D eigenvalue weighted by atomic mass is 19.1. The molecule has 1 heterocycles. The third-order valence-electron chi connectivity index (χ3n) is 2.29. The van der Waals surface area contributed by atoms with Crippen molar-refractivity contribution in [3.05, 3.63) is 36.0 Å². The number of hydrogen-bond acceptors (Lipinski definition) is 5. The molecule has 0 aliphatic heterocycles. The zero-order valence-electron chi connectivity index (χ0n) is 9.80. The van der Waals surface area contributed by atoms with Gasteiger partial charge in [0.15, 0.2) is 0 Å². The van der Waals surface area contributed by atoms with Crippen molar-refractivity contribution in [3.63, 3.8) is 0 Å². The molecular formula is C12H14FN3O2. The molecule has 0 spiro atoms. The number of rotatable bonds is 6. The molecule has 96 valence electrons. The molecule has 5 nitrogen and oxygen atoms in total. The molecule has 2 aromatic rings. The predicted molar refractivity (Wildman–Crippen MR) is 63.3 cm³/mol. The summed E-state index contributed by atoms with van der Waals surface area (Å²) in [6, 6.07) is 5.93. The lowest BCUT2D eigenvalue weighted by Gasteiger charge is -1.97.